The average Bonchev–Trinajstić information content (AvgIpc) is 2.64. The van der Waals surface area contributed by atoms with E-state index in [4.69, 9.17) is 9.47 Å². The highest BCUT2D eigenvalue weighted by atomic mass is 16.5. The number of nitrogens with zero attached hydrogens (tertiary/aromatic N) is 1. The molecule has 1 aliphatic rings. The SMILES string of the molecule is CNC(=O)COC1CN(C(=O)[C@H](C)NC(=O)/C=C/c2ccc(OC)cc2)C1. The zero-order valence-electron chi connectivity index (χ0n) is 15.7. The van der Waals surface area contributed by atoms with Crippen molar-refractivity contribution in [2.45, 2.75) is 19.1 Å². The maximum Gasteiger partial charge on any atom is 0.245 e. The van der Waals surface area contributed by atoms with Crippen LogP contribution in [0, 0.1) is 0 Å². The van der Waals surface area contributed by atoms with Crippen molar-refractivity contribution >= 4 is 23.8 Å². The number of benzene rings is 1. The molecule has 146 valence electrons. The molecular formula is C19H25N3O5. The number of nitrogens with one attached hydrogen (secondary N) is 2. The molecule has 8 nitrogen and oxygen atoms in total. The first-order valence-corrected chi connectivity index (χ1v) is 8.66. The Labute approximate surface area is 158 Å². The number of carbonyl (C=O) groups is 3. The third kappa shape index (κ3) is 6.10. The monoisotopic (exact) mass is 375 g/mol. The number of carbonyl (C=O) groups excluding carboxylic acids is 3. The van der Waals surface area contributed by atoms with Crippen molar-refractivity contribution in [2.75, 3.05) is 33.9 Å². The van der Waals surface area contributed by atoms with Crippen LogP contribution in [-0.4, -0.2) is 68.6 Å². The molecule has 1 aliphatic heterocycles. The molecule has 0 aromatic heterocycles. The predicted octanol–water partition coefficient (Wildman–Crippen LogP) is 0.187. The van der Waals surface area contributed by atoms with Gasteiger partial charge in [0.15, 0.2) is 0 Å². The number of likely N-dealkylation sites (N-methyl/N-ethyl adjacent to an activating group) is 1. The van der Waals surface area contributed by atoms with Crippen molar-refractivity contribution in [3.05, 3.63) is 35.9 Å². The second kappa shape index (κ2) is 9.72. The van der Waals surface area contributed by atoms with Crippen LogP contribution >= 0.6 is 0 Å². The van der Waals surface area contributed by atoms with Crippen molar-refractivity contribution in [2.24, 2.45) is 0 Å². The number of hydrogen-bond acceptors (Lipinski definition) is 5. The van der Waals surface area contributed by atoms with Gasteiger partial charge >= 0.3 is 0 Å². The van der Waals surface area contributed by atoms with Gasteiger partial charge in [-0.25, -0.2) is 0 Å². The highest BCUT2D eigenvalue weighted by molar-refractivity contribution is 5.95. The summed E-state index contributed by atoms with van der Waals surface area (Å²) in [5, 5.41) is 5.12. The van der Waals surface area contributed by atoms with Gasteiger partial charge in [-0.1, -0.05) is 12.1 Å². The Bertz CT molecular complexity index is 696. The third-order valence-electron chi connectivity index (χ3n) is 4.16. The van der Waals surface area contributed by atoms with E-state index < -0.39 is 6.04 Å². The second-order valence-electron chi connectivity index (χ2n) is 6.19. The van der Waals surface area contributed by atoms with Crippen LogP contribution in [0.1, 0.15) is 12.5 Å². The Hall–Kier alpha value is -2.87. The summed E-state index contributed by atoms with van der Waals surface area (Å²) in [5.74, 6) is 0.00706. The lowest BCUT2D eigenvalue weighted by Gasteiger charge is -2.40. The van der Waals surface area contributed by atoms with E-state index in [9.17, 15) is 14.4 Å². The number of likely N-dealkylation sites (tertiary alicyclic amines) is 1. The van der Waals surface area contributed by atoms with Crippen LogP contribution in [-0.2, 0) is 19.1 Å². The third-order valence-corrected chi connectivity index (χ3v) is 4.16. The van der Waals surface area contributed by atoms with Gasteiger partial charge in [-0.3, -0.25) is 14.4 Å². The number of ether oxygens (including phenoxy) is 2. The zero-order chi connectivity index (χ0) is 19.8. The fourth-order valence-corrected chi connectivity index (χ4v) is 2.47. The largest absolute Gasteiger partial charge is 0.497 e. The standard InChI is InChI=1S/C19H25N3O5/c1-13(19(25)22-10-16(11-22)27-12-18(24)20-2)21-17(23)9-6-14-4-7-15(26-3)8-5-14/h4-9,13,16H,10-12H2,1-3H3,(H,20,24)(H,21,23)/b9-6+/t13-/m0/s1. The molecule has 1 aromatic rings. The number of rotatable bonds is 8. The minimum Gasteiger partial charge on any atom is -0.497 e. The maximum atomic E-state index is 12.3. The van der Waals surface area contributed by atoms with Crippen LogP contribution in [0.15, 0.2) is 30.3 Å². The molecule has 0 radical (unpaired) electrons. The predicted molar refractivity (Wildman–Crippen MR) is 100 cm³/mol. The fourth-order valence-electron chi connectivity index (χ4n) is 2.47. The summed E-state index contributed by atoms with van der Waals surface area (Å²) in [6.07, 6.45) is 2.90. The molecule has 1 heterocycles. The van der Waals surface area contributed by atoms with Crippen LogP contribution in [0.4, 0.5) is 0 Å². The van der Waals surface area contributed by atoms with E-state index in [1.165, 1.54) is 13.1 Å². The van der Waals surface area contributed by atoms with Gasteiger partial charge < -0.3 is 25.0 Å². The van der Waals surface area contributed by atoms with Gasteiger partial charge in [0.05, 0.1) is 13.2 Å². The summed E-state index contributed by atoms with van der Waals surface area (Å²) in [7, 11) is 3.13. The molecule has 27 heavy (non-hydrogen) atoms. The van der Waals surface area contributed by atoms with Crippen molar-refractivity contribution in [3.8, 4) is 5.75 Å². The molecule has 0 unspecified atom stereocenters. The lowest BCUT2D eigenvalue weighted by Crippen LogP contribution is -2.59. The van der Waals surface area contributed by atoms with E-state index in [2.05, 4.69) is 10.6 Å². The number of methoxy groups -OCH3 is 1. The van der Waals surface area contributed by atoms with Crippen LogP contribution in [0.5, 0.6) is 5.75 Å². The summed E-state index contributed by atoms with van der Waals surface area (Å²) in [6, 6.07) is 6.62. The van der Waals surface area contributed by atoms with Crippen LogP contribution in [0.3, 0.4) is 0 Å². The van der Waals surface area contributed by atoms with Gasteiger partial charge in [0, 0.05) is 26.2 Å². The molecule has 1 saturated heterocycles. The molecule has 1 aromatic carbocycles. The number of amides is 3. The van der Waals surface area contributed by atoms with E-state index in [0.29, 0.717) is 13.1 Å². The highest BCUT2D eigenvalue weighted by Gasteiger charge is 2.34. The molecule has 0 spiro atoms. The van der Waals surface area contributed by atoms with Crippen molar-refractivity contribution in [1.29, 1.82) is 0 Å². The fraction of sp³-hybridized carbons (Fsp3) is 0.421. The minimum atomic E-state index is -0.641. The first-order valence-electron chi connectivity index (χ1n) is 8.66. The molecule has 0 bridgehead atoms. The van der Waals surface area contributed by atoms with Gasteiger partial charge in [0.1, 0.15) is 18.4 Å². The van der Waals surface area contributed by atoms with Crippen LogP contribution < -0.4 is 15.4 Å². The van der Waals surface area contributed by atoms with Gasteiger partial charge in [-0.15, -0.1) is 0 Å². The number of hydrogen-bond donors (Lipinski definition) is 2. The van der Waals surface area contributed by atoms with Crippen molar-refractivity contribution in [3.63, 3.8) is 0 Å². The van der Waals surface area contributed by atoms with Crippen molar-refractivity contribution in [1.82, 2.24) is 15.5 Å². The van der Waals surface area contributed by atoms with Gasteiger partial charge in [-0.2, -0.15) is 0 Å². The van der Waals surface area contributed by atoms with Gasteiger partial charge in [0.2, 0.25) is 17.7 Å². The first kappa shape index (κ1) is 20.4. The Morgan fingerprint density at radius 1 is 1.26 bits per heavy atom. The van der Waals surface area contributed by atoms with Crippen LogP contribution in [0.2, 0.25) is 0 Å². The molecule has 1 atom stereocenters. The molecule has 1 fully saturated rings. The summed E-state index contributed by atoms with van der Waals surface area (Å²) in [5.41, 5.74) is 0.851. The van der Waals surface area contributed by atoms with Gasteiger partial charge in [-0.05, 0) is 30.7 Å². The topological polar surface area (TPSA) is 97.0 Å². The zero-order valence-corrected chi connectivity index (χ0v) is 15.7. The Morgan fingerprint density at radius 3 is 2.52 bits per heavy atom. The molecule has 0 saturated carbocycles. The van der Waals surface area contributed by atoms with Crippen molar-refractivity contribution < 1.29 is 23.9 Å². The second-order valence-corrected chi connectivity index (χ2v) is 6.19. The van der Waals surface area contributed by atoms with E-state index in [-0.39, 0.29) is 30.4 Å². The van der Waals surface area contributed by atoms with Gasteiger partial charge in [0.25, 0.3) is 0 Å². The normalized spacial score (nSPS) is 15.1. The molecule has 2 N–H and O–H groups in total. The summed E-state index contributed by atoms with van der Waals surface area (Å²) >= 11 is 0. The van der Waals surface area contributed by atoms with E-state index >= 15 is 0 Å². The first-order chi connectivity index (χ1) is 12.9. The van der Waals surface area contributed by atoms with E-state index in [1.54, 1.807) is 37.1 Å². The maximum absolute atomic E-state index is 12.3. The lowest BCUT2D eigenvalue weighted by molar-refractivity contribution is -0.150. The van der Waals surface area contributed by atoms with E-state index in [1.807, 2.05) is 12.1 Å². The van der Waals surface area contributed by atoms with Crippen LogP contribution in [0.25, 0.3) is 6.08 Å². The molecule has 8 heteroatoms. The van der Waals surface area contributed by atoms with E-state index in [0.717, 1.165) is 11.3 Å². The smallest absolute Gasteiger partial charge is 0.245 e. The Balaban J connectivity index is 1.73. The molecule has 0 aliphatic carbocycles. The quantitative estimate of drug-likeness (QED) is 0.632. The summed E-state index contributed by atoms with van der Waals surface area (Å²) < 4.78 is 10.4. The summed E-state index contributed by atoms with van der Waals surface area (Å²) in [6.45, 7) is 2.45. The minimum absolute atomic E-state index is 0.0222. The average molecular weight is 375 g/mol. The molecule has 3 amide bonds. The Kier molecular flexibility index (Phi) is 7.36. The Morgan fingerprint density at radius 2 is 1.93 bits per heavy atom. The lowest BCUT2D eigenvalue weighted by atomic mass is 10.1. The summed E-state index contributed by atoms with van der Waals surface area (Å²) in [4.78, 5) is 37.0. The highest BCUT2D eigenvalue weighted by Crippen LogP contribution is 2.14. The molecular weight excluding hydrogens is 350 g/mol. The molecule has 2 rings (SSSR count).